The molecular weight excluding hydrogens is 364 g/mol. The van der Waals surface area contributed by atoms with Gasteiger partial charge in [-0.05, 0) is 38.3 Å². The average molecular weight is 388 g/mol. The molecule has 0 spiro atoms. The predicted octanol–water partition coefficient (Wildman–Crippen LogP) is 2.87. The molecule has 0 saturated carbocycles. The third-order valence-corrected chi connectivity index (χ3v) is 5.44. The molecule has 1 aromatic heterocycles. The van der Waals surface area contributed by atoms with Gasteiger partial charge >= 0.3 is 0 Å². The summed E-state index contributed by atoms with van der Waals surface area (Å²) in [5, 5.41) is 12.9. The van der Waals surface area contributed by atoms with Crippen LogP contribution in [0.15, 0.2) is 24.3 Å². The molecule has 1 N–H and O–H groups in total. The second-order valence-corrected chi connectivity index (χ2v) is 7.72. The zero-order valence-electron chi connectivity index (χ0n) is 15.6. The van der Waals surface area contributed by atoms with Gasteiger partial charge in [-0.2, -0.15) is 0 Å². The molecule has 1 atom stereocenters. The van der Waals surface area contributed by atoms with Gasteiger partial charge < -0.3 is 15.0 Å². The van der Waals surface area contributed by atoms with E-state index in [2.05, 4.69) is 15.5 Å². The predicted molar refractivity (Wildman–Crippen MR) is 105 cm³/mol. The molecule has 2 heterocycles. The third kappa shape index (κ3) is 4.90. The number of likely N-dealkylation sites (tertiary alicyclic amines) is 1. The SMILES string of the molecule is COCCC(=O)N1CCCCC1C(=O)Nc1cccc(-c2nnc(C)s2)c1. The van der Waals surface area contributed by atoms with E-state index < -0.39 is 6.04 Å². The maximum atomic E-state index is 12.8. The van der Waals surface area contributed by atoms with Crippen LogP contribution in [0.1, 0.15) is 30.7 Å². The molecule has 7 nitrogen and oxygen atoms in total. The molecule has 0 radical (unpaired) electrons. The number of amides is 2. The molecule has 1 aliphatic rings. The smallest absolute Gasteiger partial charge is 0.247 e. The Hall–Kier alpha value is -2.32. The fourth-order valence-corrected chi connectivity index (χ4v) is 3.89. The van der Waals surface area contributed by atoms with Crippen molar-refractivity contribution in [2.75, 3.05) is 25.6 Å². The number of carbonyl (C=O) groups is 2. The van der Waals surface area contributed by atoms with Crippen LogP contribution in [0.25, 0.3) is 10.6 Å². The number of rotatable bonds is 6. The van der Waals surface area contributed by atoms with Crippen LogP contribution in [-0.2, 0) is 14.3 Å². The van der Waals surface area contributed by atoms with Crippen LogP contribution in [0, 0.1) is 6.92 Å². The second kappa shape index (κ2) is 9.05. The fourth-order valence-electron chi connectivity index (χ4n) is 3.20. The number of hydrogen-bond acceptors (Lipinski definition) is 6. The van der Waals surface area contributed by atoms with Crippen molar-refractivity contribution in [3.05, 3.63) is 29.3 Å². The average Bonchev–Trinajstić information content (AvgIpc) is 3.12. The minimum absolute atomic E-state index is 0.0326. The summed E-state index contributed by atoms with van der Waals surface area (Å²) in [4.78, 5) is 27.0. The van der Waals surface area contributed by atoms with E-state index in [-0.39, 0.29) is 11.8 Å². The van der Waals surface area contributed by atoms with Gasteiger partial charge in [0.1, 0.15) is 16.1 Å². The summed E-state index contributed by atoms with van der Waals surface area (Å²) in [5.41, 5.74) is 1.61. The van der Waals surface area contributed by atoms with Crippen LogP contribution >= 0.6 is 11.3 Å². The zero-order chi connectivity index (χ0) is 19.2. The van der Waals surface area contributed by atoms with Crippen LogP contribution in [0.5, 0.6) is 0 Å². The third-order valence-electron chi connectivity index (χ3n) is 4.55. The molecule has 0 aliphatic carbocycles. The molecule has 3 rings (SSSR count). The van der Waals surface area contributed by atoms with E-state index in [1.54, 1.807) is 12.0 Å². The monoisotopic (exact) mass is 388 g/mol. The maximum absolute atomic E-state index is 12.8. The van der Waals surface area contributed by atoms with Gasteiger partial charge in [0.25, 0.3) is 0 Å². The lowest BCUT2D eigenvalue weighted by molar-refractivity contribution is -0.141. The summed E-state index contributed by atoms with van der Waals surface area (Å²) >= 11 is 1.51. The number of benzene rings is 1. The van der Waals surface area contributed by atoms with E-state index >= 15 is 0 Å². The minimum Gasteiger partial charge on any atom is -0.384 e. The Kier molecular flexibility index (Phi) is 6.52. The topological polar surface area (TPSA) is 84.4 Å². The van der Waals surface area contributed by atoms with Gasteiger partial charge in [-0.3, -0.25) is 9.59 Å². The molecule has 1 saturated heterocycles. The molecule has 1 fully saturated rings. The van der Waals surface area contributed by atoms with Crippen LogP contribution in [0.2, 0.25) is 0 Å². The number of nitrogens with zero attached hydrogens (tertiary/aromatic N) is 3. The van der Waals surface area contributed by atoms with Crippen molar-refractivity contribution in [2.45, 2.75) is 38.6 Å². The van der Waals surface area contributed by atoms with E-state index in [0.717, 1.165) is 28.4 Å². The molecule has 8 heteroatoms. The summed E-state index contributed by atoms with van der Waals surface area (Å²) in [6.07, 6.45) is 2.84. The van der Waals surface area contributed by atoms with Gasteiger partial charge in [0.15, 0.2) is 0 Å². The summed E-state index contributed by atoms with van der Waals surface area (Å²) in [5.74, 6) is -0.180. The largest absolute Gasteiger partial charge is 0.384 e. The van der Waals surface area contributed by atoms with Crippen LogP contribution < -0.4 is 5.32 Å². The minimum atomic E-state index is -0.435. The van der Waals surface area contributed by atoms with Gasteiger partial charge in [0, 0.05) is 24.9 Å². The molecule has 2 amide bonds. The highest BCUT2D eigenvalue weighted by Gasteiger charge is 2.31. The van der Waals surface area contributed by atoms with Crippen LogP contribution in [0.3, 0.4) is 0 Å². The van der Waals surface area contributed by atoms with Crippen LogP contribution in [-0.4, -0.2) is 53.2 Å². The van der Waals surface area contributed by atoms with E-state index in [1.165, 1.54) is 11.3 Å². The Balaban J connectivity index is 1.70. The summed E-state index contributed by atoms with van der Waals surface area (Å²) in [7, 11) is 1.57. The Morgan fingerprint density at radius 3 is 2.93 bits per heavy atom. The number of anilines is 1. The number of hydrogen-bond donors (Lipinski definition) is 1. The number of methoxy groups -OCH3 is 1. The van der Waals surface area contributed by atoms with Crippen LogP contribution in [0.4, 0.5) is 5.69 Å². The first-order valence-corrected chi connectivity index (χ1v) is 9.90. The molecule has 1 aliphatic heterocycles. The van der Waals surface area contributed by atoms with Gasteiger partial charge in [-0.25, -0.2) is 0 Å². The number of nitrogens with one attached hydrogen (secondary N) is 1. The van der Waals surface area contributed by atoms with Gasteiger partial charge in [-0.15, -0.1) is 10.2 Å². The lowest BCUT2D eigenvalue weighted by atomic mass is 10.0. The highest BCUT2D eigenvalue weighted by atomic mass is 32.1. The first-order valence-electron chi connectivity index (χ1n) is 9.08. The molecule has 1 aromatic carbocycles. The first-order chi connectivity index (χ1) is 13.1. The van der Waals surface area contributed by atoms with E-state index in [4.69, 9.17) is 4.74 Å². The summed E-state index contributed by atoms with van der Waals surface area (Å²) in [6.45, 7) is 2.89. The number of ether oxygens (including phenoxy) is 1. The van der Waals surface area contributed by atoms with Crippen molar-refractivity contribution in [2.24, 2.45) is 0 Å². The zero-order valence-corrected chi connectivity index (χ0v) is 16.4. The molecule has 0 bridgehead atoms. The van der Waals surface area contributed by atoms with Crippen molar-refractivity contribution in [1.29, 1.82) is 0 Å². The first kappa shape index (κ1) is 19.4. The lowest BCUT2D eigenvalue weighted by Gasteiger charge is -2.34. The van der Waals surface area contributed by atoms with E-state index in [0.29, 0.717) is 31.7 Å². The summed E-state index contributed by atoms with van der Waals surface area (Å²) < 4.78 is 4.99. The van der Waals surface area contributed by atoms with Gasteiger partial charge in [-0.1, -0.05) is 23.5 Å². The molecule has 2 aromatic rings. The van der Waals surface area contributed by atoms with Gasteiger partial charge in [0.05, 0.1) is 13.0 Å². The maximum Gasteiger partial charge on any atom is 0.247 e. The molecular formula is C19H24N4O3S. The van der Waals surface area contributed by atoms with Gasteiger partial charge in [0.2, 0.25) is 11.8 Å². The number of aromatic nitrogens is 2. The van der Waals surface area contributed by atoms with Crippen molar-refractivity contribution in [3.8, 4) is 10.6 Å². The highest BCUT2D eigenvalue weighted by molar-refractivity contribution is 7.14. The fraction of sp³-hybridized carbons (Fsp3) is 0.474. The molecule has 27 heavy (non-hydrogen) atoms. The Morgan fingerprint density at radius 2 is 2.19 bits per heavy atom. The van der Waals surface area contributed by atoms with Crippen molar-refractivity contribution in [1.82, 2.24) is 15.1 Å². The normalized spacial score (nSPS) is 17.0. The Bertz CT molecular complexity index is 808. The summed E-state index contributed by atoms with van der Waals surface area (Å²) in [6, 6.07) is 7.11. The second-order valence-electron chi connectivity index (χ2n) is 6.54. The molecule has 1 unspecified atom stereocenters. The number of piperidine rings is 1. The Morgan fingerprint density at radius 1 is 1.33 bits per heavy atom. The van der Waals surface area contributed by atoms with Crippen molar-refractivity contribution < 1.29 is 14.3 Å². The standard InChI is InChI=1S/C19H24N4O3S/c1-13-21-22-19(27-13)14-6-5-7-15(12-14)20-18(25)16-8-3-4-10-23(16)17(24)9-11-26-2/h5-7,12,16H,3-4,8-11H2,1-2H3,(H,20,25). The quantitative estimate of drug-likeness (QED) is 0.823. The number of carbonyl (C=O) groups excluding carboxylic acids is 2. The number of aryl methyl sites for hydroxylation is 1. The lowest BCUT2D eigenvalue weighted by Crippen LogP contribution is -2.50. The highest BCUT2D eigenvalue weighted by Crippen LogP contribution is 2.26. The van der Waals surface area contributed by atoms with Crippen molar-refractivity contribution in [3.63, 3.8) is 0 Å². The Labute approximate surface area is 162 Å². The van der Waals surface area contributed by atoms with E-state index in [9.17, 15) is 9.59 Å². The molecule has 144 valence electrons. The van der Waals surface area contributed by atoms with Crippen molar-refractivity contribution >= 4 is 28.8 Å². The van der Waals surface area contributed by atoms with E-state index in [1.807, 2.05) is 31.2 Å².